The van der Waals surface area contributed by atoms with E-state index in [9.17, 15) is 31.1 Å². The van der Waals surface area contributed by atoms with E-state index < -0.39 is 24.5 Å². The number of aliphatic hydroxyl groups is 1. The SMILES string of the molecule is CO.O=Cc1ccc(OCC(F)(F)F)c(SNc2cc(C(F)(F)F)ccc2N2CCCCC2)c1. The molecule has 2 aromatic rings. The number of rotatable bonds is 7. The average Bonchev–Trinajstić information content (AvgIpc) is 2.82. The molecule has 3 rings (SSSR count). The molecule has 0 amide bonds. The van der Waals surface area contributed by atoms with Gasteiger partial charge in [-0.2, -0.15) is 26.3 Å². The molecule has 0 saturated carbocycles. The fourth-order valence-electron chi connectivity index (χ4n) is 3.27. The number of carbonyl (C=O) groups is 1. The Morgan fingerprint density at radius 1 is 1.03 bits per heavy atom. The molecule has 1 fully saturated rings. The predicted octanol–water partition coefficient (Wildman–Crippen LogP) is 6.18. The summed E-state index contributed by atoms with van der Waals surface area (Å²) in [6.45, 7) is -0.167. The molecule has 0 aromatic heterocycles. The van der Waals surface area contributed by atoms with E-state index in [2.05, 4.69) is 4.72 Å². The number of anilines is 2. The summed E-state index contributed by atoms with van der Waals surface area (Å²) in [4.78, 5) is 13.2. The number of piperidine rings is 1. The maximum atomic E-state index is 13.3. The molecule has 12 heteroatoms. The van der Waals surface area contributed by atoms with Crippen LogP contribution in [0.5, 0.6) is 5.75 Å². The van der Waals surface area contributed by atoms with Crippen LogP contribution in [0.15, 0.2) is 41.3 Å². The summed E-state index contributed by atoms with van der Waals surface area (Å²) >= 11 is 0.783. The molecule has 188 valence electrons. The van der Waals surface area contributed by atoms with Gasteiger partial charge in [-0.15, -0.1) is 0 Å². The van der Waals surface area contributed by atoms with Crippen LogP contribution in [-0.4, -0.2) is 44.4 Å². The number of aldehydes is 1. The van der Waals surface area contributed by atoms with Crippen molar-refractivity contribution in [1.29, 1.82) is 0 Å². The molecule has 0 atom stereocenters. The highest BCUT2D eigenvalue weighted by Crippen LogP contribution is 2.39. The first-order valence-corrected chi connectivity index (χ1v) is 11.0. The van der Waals surface area contributed by atoms with Crippen LogP contribution < -0.4 is 14.4 Å². The van der Waals surface area contributed by atoms with Crippen LogP contribution in [0.4, 0.5) is 37.7 Å². The monoisotopic (exact) mass is 510 g/mol. The zero-order chi connectivity index (χ0) is 25.4. The largest absolute Gasteiger partial charge is 0.483 e. The molecule has 1 saturated heterocycles. The molecule has 0 radical (unpaired) electrons. The first kappa shape index (κ1) is 27.6. The van der Waals surface area contributed by atoms with Gasteiger partial charge in [-0.05, 0) is 67.6 Å². The molecule has 0 bridgehead atoms. The Morgan fingerprint density at radius 3 is 2.29 bits per heavy atom. The summed E-state index contributed by atoms with van der Waals surface area (Å²) in [5.41, 5.74) is 0.0741. The molecule has 1 aliphatic heterocycles. The fraction of sp³-hybridized carbons (Fsp3) is 0.409. The number of carbonyl (C=O) groups excluding carboxylic acids is 1. The summed E-state index contributed by atoms with van der Waals surface area (Å²) < 4.78 is 85.2. The number of nitrogens with zero attached hydrogens (tertiary/aromatic N) is 1. The van der Waals surface area contributed by atoms with Gasteiger partial charge < -0.3 is 19.5 Å². The maximum absolute atomic E-state index is 13.3. The lowest BCUT2D eigenvalue weighted by molar-refractivity contribution is -0.153. The zero-order valence-electron chi connectivity index (χ0n) is 18.2. The lowest BCUT2D eigenvalue weighted by Crippen LogP contribution is -2.30. The molecular formula is C22H24F6N2O3S. The van der Waals surface area contributed by atoms with Gasteiger partial charge in [0.1, 0.15) is 12.0 Å². The Bertz CT molecular complexity index is 947. The molecule has 34 heavy (non-hydrogen) atoms. The van der Waals surface area contributed by atoms with Crippen molar-refractivity contribution in [2.24, 2.45) is 0 Å². The Balaban J connectivity index is 0.00000199. The minimum absolute atomic E-state index is 0.140. The van der Waals surface area contributed by atoms with E-state index in [0.717, 1.165) is 50.5 Å². The van der Waals surface area contributed by atoms with Gasteiger partial charge in [0.25, 0.3) is 0 Å². The zero-order valence-corrected chi connectivity index (χ0v) is 19.0. The van der Waals surface area contributed by atoms with Crippen LogP contribution in [0.2, 0.25) is 0 Å². The molecule has 0 unspecified atom stereocenters. The second kappa shape index (κ2) is 12.2. The average molecular weight is 511 g/mol. The van der Waals surface area contributed by atoms with Crippen LogP contribution in [0.25, 0.3) is 0 Å². The van der Waals surface area contributed by atoms with Gasteiger partial charge in [-0.25, -0.2) is 0 Å². The topological polar surface area (TPSA) is 61.8 Å². The van der Waals surface area contributed by atoms with Crippen molar-refractivity contribution in [3.8, 4) is 5.75 Å². The Morgan fingerprint density at radius 2 is 1.71 bits per heavy atom. The van der Waals surface area contributed by atoms with Gasteiger partial charge in [0.15, 0.2) is 6.61 Å². The van der Waals surface area contributed by atoms with E-state index in [-0.39, 0.29) is 21.9 Å². The second-order valence-corrected chi connectivity index (χ2v) is 8.06. The number of nitrogens with one attached hydrogen (secondary N) is 1. The first-order valence-electron chi connectivity index (χ1n) is 10.2. The van der Waals surface area contributed by atoms with Gasteiger partial charge in [-0.3, -0.25) is 4.79 Å². The highest BCUT2D eigenvalue weighted by Gasteiger charge is 2.32. The van der Waals surface area contributed by atoms with E-state index in [4.69, 9.17) is 9.84 Å². The van der Waals surface area contributed by atoms with Crippen molar-refractivity contribution in [2.45, 2.75) is 36.5 Å². The minimum atomic E-state index is -4.57. The number of benzene rings is 2. The van der Waals surface area contributed by atoms with Crippen molar-refractivity contribution >= 4 is 29.6 Å². The normalized spacial score (nSPS) is 14.2. The number of alkyl halides is 6. The molecular weight excluding hydrogens is 486 g/mol. The van der Waals surface area contributed by atoms with E-state index in [1.54, 1.807) is 0 Å². The van der Waals surface area contributed by atoms with Gasteiger partial charge >= 0.3 is 12.4 Å². The predicted molar refractivity (Wildman–Crippen MR) is 119 cm³/mol. The molecule has 2 N–H and O–H groups in total. The van der Waals surface area contributed by atoms with Crippen molar-refractivity contribution < 1.29 is 41.0 Å². The summed E-state index contributed by atoms with van der Waals surface area (Å²) in [6.07, 6.45) is -5.76. The Kier molecular flexibility index (Phi) is 9.92. The van der Waals surface area contributed by atoms with E-state index in [1.165, 1.54) is 24.3 Å². The number of hydrogen-bond donors (Lipinski definition) is 2. The van der Waals surface area contributed by atoms with Crippen LogP contribution in [0.1, 0.15) is 35.2 Å². The maximum Gasteiger partial charge on any atom is 0.422 e. The van der Waals surface area contributed by atoms with Gasteiger partial charge in [-0.1, -0.05) is 0 Å². The smallest absolute Gasteiger partial charge is 0.422 e. The third-order valence-corrected chi connectivity index (χ3v) is 5.65. The van der Waals surface area contributed by atoms with Crippen LogP contribution >= 0.6 is 11.9 Å². The second-order valence-electron chi connectivity index (χ2n) is 7.21. The Hall–Kier alpha value is -2.60. The molecule has 1 aliphatic rings. The number of hydrogen-bond acceptors (Lipinski definition) is 6. The molecule has 5 nitrogen and oxygen atoms in total. The van der Waals surface area contributed by atoms with Crippen molar-refractivity contribution in [3.63, 3.8) is 0 Å². The van der Waals surface area contributed by atoms with E-state index in [1.807, 2.05) is 4.90 Å². The first-order chi connectivity index (χ1) is 16.1. The number of ether oxygens (including phenoxy) is 1. The van der Waals surface area contributed by atoms with Gasteiger partial charge in [0.05, 0.1) is 21.8 Å². The van der Waals surface area contributed by atoms with Gasteiger partial charge in [0.2, 0.25) is 0 Å². The number of aliphatic hydroxyl groups excluding tert-OH is 1. The summed E-state index contributed by atoms with van der Waals surface area (Å²) in [5.74, 6) is -0.142. The van der Waals surface area contributed by atoms with Crippen LogP contribution in [-0.2, 0) is 6.18 Å². The van der Waals surface area contributed by atoms with E-state index in [0.29, 0.717) is 25.1 Å². The Labute approximate surface area is 197 Å². The quantitative estimate of drug-likeness (QED) is 0.264. The lowest BCUT2D eigenvalue weighted by atomic mass is 10.1. The van der Waals surface area contributed by atoms with Crippen LogP contribution in [0.3, 0.4) is 0 Å². The van der Waals surface area contributed by atoms with Gasteiger partial charge in [0, 0.05) is 25.8 Å². The van der Waals surface area contributed by atoms with Crippen molar-refractivity contribution in [1.82, 2.24) is 0 Å². The van der Waals surface area contributed by atoms with E-state index >= 15 is 0 Å². The standard InChI is InChI=1S/C21H20F6N2O2S.CH4O/c22-20(23,24)13-31-18-7-4-14(12-30)10-19(18)32-28-16-11-15(21(25,26)27)5-6-17(16)29-8-2-1-3-9-29;1-2/h4-7,10-12,28H,1-3,8-9,13H2;2H,1H3. The highest BCUT2D eigenvalue weighted by molar-refractivity contribution is 8.00. The molecule has 0 spiro atoms. The van der Waals surface area contributed by atoms with Crippen molar-refractivity contribution in [2.75, 3.05) is 36.4 Å². The summed E-state index contributed by atoms with van der Waals surface area (Å²) in [5, 5.41) is 7.00. The number of halogens is 6. The third-order valence-electron chi connectivity index (χ3n) is 4.79. The minimum Gasteiger partial charge on any atom is -0.483 e. The summed E-state index contributed by atoms with van der Waals surface area (Å²) in [7, 11) is 1.00. The highest BCUT2D eigenvalue weighted by atomic mass is 32.2. The third kappa shape index (κ3) is 8.01. The van der Waals surface area contributed by atoms with Crippen molar-refractivity contribution in [3.05, 3.63) is 47.5 Å². The molecule has 1 heterocycles. The lowest BCUT2D eigenvalue weighted by Gasteiger charge is -2.31. The fourth-order valence-corrected chi connectivity index (χ4v) is 4.08. The van der Waals surface area contributed by atoms with Crippen LogP contribution in [0, 0.1) is 0 Å². The molecule has 2 aromatic carbocycles. The molecule has 0 aliphatic carbocycles. The summed E-state index contributed by atoms with van der Waals surface area (Å²) in [6, 6.07) is 7.19.